The molecule has 0 unspecified atom stereocenters. The lowest BCUT2D eigenvalue weighted by Gasteiger charge is -2.13. The van der Waals surface area contributed by atoms with E-state index in [9.17, 15) is 0 Å². The summed E-state index contributed by atoms with van der Waals surface area (Å²) < 4.78 is 0.971. The van der Waals surface area contributed by atoms with Crippen LogP contribution in [0.4, 0.5) is 17.1 Å². The molecule has 0 spiro atoms. The third kappa shape index (κ3) is 2.61. The molecular formula is C14H15BrN2. The van der Waals surface area contributed by atoms with Gasteiger partial charge < -0.3 is 11.1 Å². The zero-order valence-electron chi connectivity index (χ0n) is 9.92. The Labute approximate surface area is 110 Å². The van der Waals surface area contributed by atoms with E-state index in [-0.39, 0.29) is 0 Å². The van der Waals surface area contributed by atoms with Crippen molar-refractivity contribution < 1.29 is 0 Å². The summed E-state index contributed by atoms with van der Waals surface area (Å²) >= 11 is 3.51. The summed E-state index contributed by atoms with van der Waals surface area (Å²) in [5.41, 5.74) is 11.2. The van der Waals surface area contributed by atoms with Crippen molar-refractivity contribution in [1.29, 1.82) is 0 Å². The van der Waals surface area contributed by atoms with Gasteiger partial charge in [0.15, 0.2) is 0 Å². The summed E-state index contributed by atoms with van der Waals surface area (Å²) in [5, 5.41) is 3.41. The highest BCUT2D eigenvalue weighted by Gasteiger charge is 2.04. The number of anilines is 3. The van der Waals surface area contributed by atoms with E-state index in [2.05, 4.69) is 53.3 Å². The summed E-state index contributed by atoms with van der Waals surface area (Å²) in [7, 11) is 0. The molecule has 3 heteroatoms. The van der Waals surface area contributed by atoms with Crippen LogP contribution in [0, 0.1) is 13.8 Å². The first kappa shape index (κ1) is 12.0. The molecule has 0 saturated carbocycles. The quantitative estimate of drug-likeness (QED) is 0.805. The monoisotopic (exact) mass is 290 g/mol. The molecule has 0 saturated heterocycles. The van der Waals surface area contributed by atoms with Crippen molar-refractivity contribution in [3.8, 4) is 0 Å². The van der Waals surface area contributed by atoms with Crippen molar-refractivity contribution >= 4 is 33.0 Å². The van der Waals surface area contributed by atoms with Crippen LogP contribution in [0.15, 0.2) is 40.9 Å². The van der Waals surface area contributed by atoms with Crippen LogP contribution in [0.1, 0.15) is 11.1 Å². The number of nitrogens with one attached hydrogen (secondary N) is 1. The Bertz CT molecular complexity index is 550. The number of aryl methyl sites for hydroxylation is 1. The zero-order chi connectivity index (χ0) is 12.4. The number of hydrogen-bond acceptors (Lipinski definition) is 2. The number of halogens is 1. The van der Waals surface area contributed by atoms with Gasteiger partial charge in [-0.1, -0.05) is 12.1 Å². The fourth-order valence-electron chi connectivity index (χ4n) is 1.66. The summed E-state index contributed by atoms with van der Waals surface area (Å²) in [5.74, 6) is 0. The predicted molar refractivity (Wildman–Crippen MR) is 77.8 cm³/mol. The molecule has 0 fully saturated rings. The van der Waals surface area contributed by atoms with Crippen LogP contribution in [0.5, 0.6) is 0 Å². The highest BCUT2D eigenvalue weighted by atomic mass is 79.9. The summed E-state index contributed by atoms with van der Waals surface area (Å²) in [6.07, 6.45) is 0. The highest BCUT2D eigenvalue weighted by Crippen LogP contribution is 2.29. The number of nitrogen functional groups attached to an aromatic ring is 1. The zero-order valence-corrected chi connectivity index (χ0v) is 11.5. The van der Waals surface area contributed by atoms with Gasteiger partial charge in [0.1, 0.15) is 0 Å². The minimum Gasteiger partial charge on any atom is -0.399 e. The van der Waals surface area contributed by atoms with E-state index in [1.807, 2.05) is 18.2 Å². The largest absolute Gasteiger partial charge is 0.399 e. The molecule has 0 aliphatic carbocycles. The minimum absolute atomic E-state index is 0.753. The molecule has 0 aliphatic rings. The molecule has 3 N–H and O–H groups in total. The topological polar surface area (TPSA) is 38.0 Å². The van der Waals surface area contributed by atoms with E-state index in [4.69, 9.17) is 5.73 Å². The lowest BCUT2D eigenvalue weighted by molar-refractivity contribution is 1.33. The van der Waals surface area contributed by atoms with Gasteiger partial charge in [-0.05, 0) is 65.2 Å². The molecule has 2 aromatic carbocycles. The van der Waals surface area contributed by atoms with E-state index in [1.165, 1.54) is 11.1 Å². The van der Waals surface area contributed by atoms with Crippen LogP contribution in [-0.2, 0) is 0 Å². The molecule has 0 bridgehead atoms. The number of nitrogens with two attached hydrogens (primary N) is 1. The van der Waals surface area contributed by atoms with Crippen molar-refractivity contribution in [1.82, 2.24) is 0 Å². The SMILES string of the molecule is Cc1cccc(Nc2ccc(N)cc2Br)c1C. The minimum atomic E-state index is 0.753. The normalized spacial score (nSPS) is 10.3. The Hall–Kier alpha value is -1.48. The third-order valence-corrected chi connectivity index (χ3v) is 3.52. The Balaban J connectivity index is 2.35. The fourth-order valence-corrected chi connectivity index (χ4v) is 2.16. The second-order valence-electron chi connectivity index (χ2n) is 4.11. The first-order chi connectivity index (χ1) is 8.08. The molecule has 88 valence electrons. The molecule has 2 aromatic rings. The van der Waals surface area contributed by atoms with Crippen LogP contribution >= 0.6 is 15.9 Å². The van der Waals surface area contributed by atoms with Crippen LogP contribution in [0.2, 0.25) is 0 Å². The van der Waals surface area contributed by atoms with Gasteiger partial charge in [0.05, 0.1) is 5.69 Å². The fraction of sp³-hybridized carbons (Fsp3) is 0.143. The predicted octanol–water partition coefficient (Wildman–Crippen LogP) is 4.39. The van der Waals surface area contributed by atoms with E-state index >= 15 is 0 Å². The van der Waals surface area contributed by atoms with Gasteiger partial charge in [-0.15, -0.1) is 0 Å². The van der Waals surface area contributed by atoms with Gasteiger partial charge in [-0.25, -0.2) is 0 Å². The van der Waals surface area contributed by atoms with E-state index < -0.39 is 0 Å². The van der Waals surface area contributed by atoms with E-state index in [0.29, 0.717) is 0 Å². The Morgan fingerprint density at radius 2 is 1.82 bits per heavy atom. The average molecular weight is 291 g/mol. The second-order valence-corrected chi connectivity index (χ2v) is 4.97. The Morgan fingerprint density at radius 3 is 2.53 bits per heavy atom. The second kappa shape index (κ2) is 4.80. The van der Waals surface area contributed by atoms with Gasteiger partial charge >= 0.3 is 0 Å². The summed E-state index contributed by atoms with van der Waals surface area (Å²) in [6.45, 7) is 4.22. The van der Waals surface area contributed by atoms with Crippen molar-refractivity contribution in [2.75, 3.05) is 11.1 Å². The maximum Gasteiger partial charge on any atom is 0.0530 e. The smallest absolute Gasteiger partial charge is 0.0530 e. The Morgan fingerprint density at radius 1 is 1.06 bits per heavy atom. The van der Waals surface area contributed by atoms with Crippen molar-refractivity contribution in [3.63, 3.8) is 0 Å². The standard InChI is InChI=1S/C14H15BrN2/c1-9-4-3-5-13(10(9)2)17-14-7-6-11(16)8-12(14)15/h3-8,17H,16H2,1-2H3. The number of hydrogen-bond donors (Lipinski definition) is 2. The van der Waals surface area contributed by atoms with Gasteiger partial charge in [-0.3, -0.25) is 0 Å². The van der Waals surface area contributed by atoms with Gasteiger partial charge in [0, 0.05) is 15.8 Å². The van der Waals surface area contributed by atoms with Crippen LogP contribution < -0.4 is 11.1 Å². The molecule has 2 rings (SSSR count). The number of benzene rings is 2. The Kier molecular flexibility index (Phi) is 3.38. The lowest BCUT2D eigenvalue weighted by Crippen LogP contribution is -1.96. The van der Waals surface area contributed by atoms with E-state index in [0.717, 1.165) is 21.5 Å². The molecule has 0 aliphatic heterocycles. The molecule has 17 heavy (non-hydrogen) atoms. The molecule has 0 radical (unpaired) electrons. The lowest BCUT2D eigenvalue weighted by atomic mass is 10.1. The van der Waals surface area contributed by atoms with Crippen molar-refractivity contribution in [3.05, 3.63) is 52.0 Å². The maximum absolute atomic E-state index is 5.72. The van der Waals surface area contributed by atoms with Crippen LogP contribution in [-0.4, -0.2) is 0 Å². The van der Waals surface area contributed by atoms with Crippen LogP contribution in [0.25, 0.3) is 0 Å². The highest BCUT2D eigenvalue weighted by molar-refractivity contribution is 9.10. The average Bonchev–Trinajstić information content (AvgIpc) is 2.28. The maximum atomic E-state index is 5.72. The van der Waals surface area contributed by atoms with Gasteiger partial charge in [0.25, 0.3) is 0 Å². The van der Waals surface area contributed by atoms with E-state index in [1.54, 1.807) is 0 Å². The molecule has 0 amide bonds. The summed E-state index contributed by atoms with van der Waals surface area (Å²) in [6, 6.07) is 12.0. The summed E-state index contributed by atoms with van der Waals surface area (Å²) in [4.78, 5) is 0. The molecular weight excluding hydrogens is 276 g/mol. The molecule has 2 nitrogen and oxygen atoms in total. The molecule has 0 atom stereocenters. The van der Waals surface area contributed by atoms with Crippen molar-refractivity contribution in [2.24, 2.45) is 0 Å². The molecule has 0 heterocycles. The van der Waals surface area contributed by atoms with Crippen LogP contribution in [0.3, 0.4) is 0 Å². The van der Waals surface area contributed by atoms with Gasteiger partial charge in [-0.2, -0.15) is 0 Å². The molecule has 0 aromatic heterocycles. The third-order valence-electron chi connectivity index (χ3n) is 2.87. The van der Waals surface area contributed by atoms with Crippen molar-refractivity contribution in [2.45, 2.75) is 13.8 Å². The van der Waals surface area contributed by atoms with Gasteiger partial charge in [0.2, 0.25) is 0 Å². The first-order valence-corrected chi connectivity index (χ1v) is 6.25. The number of rotatable bonds is 2. The first-order valence-electron chi connectivity index (χ1n) is 5.46.